The van der Waals surface area contributed by atoms with E-state index in [0.717, 1.165) is 37.7 Å². The molecule has 2 aliphatic rings. The maximum atomic E-state index is 13.0. The molecule has 0 saturated heterocycles. The van der Waals surface area contributed by atoms with Crippen LogP contribution in [0.15, 0.2) is 58.8 Å². The fourth-order valence-corrected chi connectivity index (χ4v) is 4.11. The van der Waals surface area contributed by atoms with Crippen LogP contribution in [-0.4, -0.2) is 28.5 Å². The number of para-hydroxylation sites is 1. The maximum Gasteiger partial charge on any atom is 0.253 e. The average Bonchev–Trinajstić information content (AvgIpc) is 2.73. The van der Waals surface area contributed by atoms with Crippen molar-refractivity contribution in [2.45, 2.75) is 44.3 Å². The van der Waals surface area contributed by atoms with E-state index in [1.807, 2.05) is 35.2 Å². The summed E-state index contributed by atoms with van der Waals surface area (Å²) in [6, 6.07) is 11.2. The molecule has 1 aromatic heterocycles. The lowest BCUT2D eigenvalue weighted by Gasteiger charge is -2.46. The molecular weight excluding hydrogens is 366 g/mol. The fourth-order valence-electron chi connectivity index (χ4n) is 4.11. The highest BCUT2D eigenvalue weighted by Crippen LogP contribution is 2.40. The van der Waals surface area contributed by atoms with E-state index < -0.39 is 5.66 Å². The van der Waals surface area contributed by atoms with Crippen LogP contribution < -0.4 is 21.7 Å². The molecule has 2 heterocycles. The topological polar surface area (TPSA) is 122 Å². The Hall–Kier alpha value is -3.42. The van der Waals surface area contributed by atoms with Crippen molar-refractivity contribution in [3.63, 3.8) is 0 Å². The Bertz CT molecular complexity index is 949. The summed E-state index contributed by atoms with van der Waals surface area (Å²) in [5.74, 6) is 0.275. The van der Waals surface area contributed by atoms with E-state index in [-0.39, 0.29) is 17.8 Å². The van der Waals surface area contributed by atoms with Crippen molar-refractivity contribution in [2.75, 3.05) is 4.90 Å². The minimum atomic E-state index is -0.589. The van der Waals surface area contributed by atoms with E-state index in [2.05, 4.69) is 20.3 Å². The Morgan fingerprint density at radius 1 is 1.10 bits per heavy atom. The quantitative estimate of drug-likeness (QED) is 0.737. The fraction of sp³-hybridized carbons (Fsp3) is 0.333. The first-order valence-electron chi connectivity index (χ1n) is 9.85. The van der Waals surface area contributed by atoms with Crippen LogP contribution in [-0.2, 0) is 6.54 Å². The van der Waals surface area contributed by atoms with Crippen LogP contribution in [0.3, 0.4) is 0 Å². The average molecular weight is 391 g/mol. The van der Waals surface area contributed by atoms with Gasteiger partial charge in [-0.05, 0) is 49.4 Å². The van der Waals surface area contributed by atoms with E-state index in [0.29, 0.717) is 17.8 Å². The minimum Gasteiger partial charge on any atom is -0.369 e. The summed E-state index contributed by atoms with van der Waals surface area (Å²) in [6.07, 6.45) is 8.26. The molecule has 2 aromatic rings. The number of aliphatic imine (C=N–C) groups is 2. The standard InChI is InChI=1S/C21H25N7O/c22-19-26-20(23)28(21(27-19)10-4-1-5-11-21)17-9-3-2-8-16(17)18(29)25-14-15-7-6-12-24-13-15/h2-3,6-9,12-13H,1,4-5,10-11,14H2,(H,25,29)(H4,22,23,26,27). The monoisotopic (exact) mass is 391 g/mol. The van der Waals surface area contributed by atoms with Crippen LogP contribution in [0.1, 0.15) is 48.0 Å². The summed E-state index contributed by atoms with van der Waals surface area (Å²) in [4.78, 5) is 27.9. The summed E-state index contributed by atoms with van der Waals surface area (Å²) in [6.45, 7) is 0.390. The molecule has 0 bridgehead atoms. The lowest BCUT2D eigenvalue weighted by Crippen LogP contribution is -2.58. The number of guanidine groups is 2. The summed E-state index contributed by atoms with van der Waals surface area (Å²) >= 11 is 0. The number of anilines is 1. The number of carbonyl (C=O) groups is 1. The Morgan fingerprint density at radius 2 is 1.90 bits per heavy atom. The van der Waals surface area contributed by atoms with Gasteiger partial charge >= 0.3 is 0 Å². The molecule has 5 N–H and O–H groups in total. The van der Waals surface area contributed by atoms with Crippen LogP contribution in [0.4, 0.5) is 5.69 Å². The highest BCUT2D eigenvalue weighted by atomic mass is 16.1. The maximum absolute atomic E-state index is 13.0. The molecule has 1 aliphatic carbocycles. The SMILES string of the molecule is NC1=NC2(CCCCC2)N(c2ccccc2C(=O)NCc2cccnc2)C(N)=N1. The Morgan fingerprint density at radius 3 is 2.66 bits per heavy atom. The predicted molar refractivity (Wildman–Crippen MR) is 113 cm³/mol. The molecule has 29 heavy (non-hydrogen) atoms. The molecule has 1 aliphatic heterocycles. The van der Waals surface area contributed by atoms with Crippen molar-refractivity contribution in [1.82, 2.24) is 10.3 Å². The lowest BCUT2D eigenvalue weighted by molar-refractivity contribution is 0.0951. The summed E-state index contributed by atoms with van der Waals surface area (Å²) in [5.41, 5.74) is 13.8. The first-order valence-corrected chi connectivity index (χ1v) is 9.85. The van der Waals surface area contributed by atoms with Crippen molar-refractivity contribution in [3.05, 3.63) is 59.9 Å². The van der Waals surface area contributed by atoms with Gasteiger partial charge < -0.3 is 16.8 Å². The molecule has 8 heteroatoms. The third-order valence-electron chi connectivity index (χ3n) is 5.42. The first kappa shape index (κ1) is 18.9. The third kappa shape index (κ3) is 3.78. The molecule has 1 aromatic carbocycles. The van der Waals surface area contributed by atoms with Crippen LogP contribution in [0.2, 0.25) is 0 Å². The van der Waals surface area contributed by atoms with Gasteiger partial charge in [0, 0.05) is 18.9 Å². The molecular formula is C21H25N7O. The zero-order valence-corrected chi connectivity index (χ0v) is 16.2. The number of benzene rings is 1. The molecule has 1 fully saturated rings. The predicted octanol–water partition coefficient (Wildman–Crippen LogP) is 2.12. The van der Waals surface area contributed by atoms with E-state index in [1.54, 1.807) is 18.5 Å². The zero-order chi connectivity index (χ0) is 20.3. The number of amides is 1. The largest absolute Gasteiger partial charge is 0.369 e. The molecule has 0 atom stereocenters. The number of nitrogens with one attached hydrogen (secondary N) is 1. The van der Waals surface area contributed by atoms with Gasteiger partial charge in [0.15, 0.2) is 0 Å². The number of nitrogens with two attached hydrogens (primary N) is 2. The zero-order valence-electron chi connectivity index (χ0n) is 16.2. The normalized spacial score (nSPS) is 18.1. The number of rotatable bonds is 4. The van der Waals surface area contributed by atoms with E-state index in [9.17, 15) is 4.79 Å². The second-order valence-electron chi connectivity index (χ2n) is 7.38. The van der Waals surface area contributed by atoms with Crippen molar-refractivity contribution in [3.8, 4) is 0 Å². The van der Waals surface area contributed by atoms with Crippen LogP contribution in [0.25, 0.3) is 0 Å². The molecule has 0 unspecified atom stereocenters. The van der Waals surface area contributed by atoms with Crippen molar-refractivity contribution < 1.29 is 4.79 Å². The van der Waals surface area contributed by atoms with Gasteiger partial charge in [-0.1, -0.05) is 24.6 Å². The van der Waals surface area contributed by atoms with Gasteiger partial charge in [0.2, 0.25) is 11.9 Å². The van der Waals surface area contributed by atoms with Crippen molar-refractivity contribution >= 4 is 23.5 Å². The van der Waals surface area contributed by atoms with E-state index >= 15 is 0 Å². The van der Waals surface area contributed by atoms with Crippen molar-refractivity contribution in [2.24, 2.45) is 21.5 Å². The minimum absolute atomic E-state index is 0.189. The number of aromatic nitrogens is 1. The van der Waals surface area contributed by atoms with Crippen molar-refractivity contribution in [1.29, 1.82) is 0 Å². The van der Waals surface area contributed by atoms with Gasteiger partial charge in [0.25, 0.3) is 5.91 Å². The highest BCUT2D eigenvalue weighted by molar-refractivity contribution is 6.10. The molecule has 150 valence electrons. The van der Waals surface area contributed by atoms with Gasteiger partial charge in [-0.15, -0.1) is 0 Å². The second-order valence-corrected chi connectivity index (χ2v) is 7.38. The van der Waals surface area contributed by atoms with Gasteiger partial charge in [-0.3, -0.25) is 14.7 Å². The smallest absolute Gasteiger partial charge is 0.253 e. The first-order chi connectivity index (χ1) is 14.1. The number of carbonyl (C=O) groups excluding carboxylic acids is 1. The molecule has 4 rings (SSSR count). The summed E-state index contributed by atoms with van der Waals surface area (Å²) < 4.78 is 0. The van der Waals surface area contributed by atoms with Gasteiger partial charge in [-0.25, -0.2) is 4.99 Å². The van der Waals surface area contributed by atoms with Crippen LogP contribution in [0.5, 0.6) is 0 Å². The number of hydrogen-bond acceptors (Lipinski definition) is 7. The number of hydrogen-bond donors (Lipinski definition) is 3. The number of pyridine rings is 1. The lowest BCUT2D eigenvalue weighted by atomic mass is 9.87. The Balaban J connectivity index is 1.66. The molecule has 1 amide bonds. The van der Waals surface area contributed by atoms with Gasteiger partial charge in [-0.2, -0.15) is 4.99 Å². The number of nitrogens with zero attached hydrogens (tertiary/aromatic N) is 4. The third-order valence-corrected chi connectivity index (χ3v) is 5.42. The Kier molecular flexibility index (Phi) is 5.16. The van der Waals surface area contributed by atoms with Gasteiger partial charge in [0.05, 0.1) is 11.3 Å². The molecule has 1 saturated carbocycles. The summed E-state index contributed by atoms with van der Waals surface area (Å²) in [5, 5.41) is 2.96. The summed E-state index contributed by atoms with van der Waals surface area (Å²) in [7, 11) is 0. The van der Waals surface area contributed by atoms with Crippen LogP contribution in [0, 0.1) is 0 Å². The van der Waals surface area contributed by atoms with E-state index in [1.165, 1.54) is 0 Å². The highest BCUT2D eigenvalue weighted by Gasteiger charge is 2.43. The van der Waals surface area contributed by atoms with E-state index in [4.69, 9.17) is 11.5 Å². The van der Waals surface area contributed by atoms with Crippen LogP contribution >= 0.6 is 0 Å². The Labute approximate surface area is 169 Å². The molecule has 0 radical (unpaired) electrons. The van der Waals surface area contributed by atoms with Gasteiger partial charge in [0.1, 0.15) is 5.66 Å². The molecule has 8 nitrogen and oxygen atoms in total. The second kappa shape index (κ2) is 7.90. The molecule has 1 spiro atoms.